The van der Waals surface area contributed by atoms with E-state index in [0.29, 0.717) is 24.7 Å². The maximum atomic E-state index is 13.4. The average Bonchev–Trinajstić information content (AvgIpc) is 3.23. The summed E-state index contributed by atoms with van der Waals surface area (Å²) in [5.41, 5.74) is 5.99. The first-order valence-corrected chi connectivity index (χ1v) is 11.6. The van der Waals surface area contributed by atoms with Crippen LogP contribution in [0.2, 0.25) is 0 Å². The van der Waals surface area contributed by atoms with E-state index in [0.717, 1.165) is 46.7 Å². The van der Waals surface area contributed by atoms with E-state index in [2.05, 4.69) is 27.0 Å². The number of hydrogen-bond donors (Lipinski definition) is 1. The van der Waals surface area contributed by atoms with Gasteiger partial charge in [-0.3, -0.25) is 9.98 Å². The molecule has 34 heavy (non-hydrogen) atoms. The number of allylic oxidation sites excluding steroid dienone is 1. The fraction of sp³-hybridized carbons (Fsp3) is 0.440. The molecule has 4 heterocycles. The lowest BCUT2D eigenvalue weighted by atomic mass is 10.0. The number of nitrogens with zero attached hydrogens (tertiary/aromatic N) is 6. The molecule has 1 N–H and O–H groups in total. The van der Waals surface area contributed by atoms with Crippen molar-refractivity contribution in [1.29, 1.82) is 0 Å². The van der Waals surface area contributed by atoms with E-state index in [4.69, 9.17) is 4.98 Å². The number of fused-ring (bicyclic) bond motifs is 1. The molecule has 1 saturated heterocycles. The molecule has 0 aromatic carbocycles. The van der Waals surface area contributed by atoms with Gasteiger partial charge in [-0.2, -0.15) is 0 Å². The number of nitrogens with one attached hydrogen (secondary N) is 1. The number of piperidine rings is 1. The highest BCUT2D eigenvalue weighted by molar-refractivity contribution is 5.83. The van der Waals surface area contributed by atoms with E-state index in [1.54, 1.807) is 10.7 Å². The Morgan fingerprint density at radius 3 is 2.59 bits per heavy atom. The SMILES string of the molecule is C=C([C@H]1CC1(F)F)N1CCC(Nc2ncc3c(-c4ccc(N=C(C)C)c(C)n4)ccn3n2)CC1. The largest absolute Gasteiger partial charge is 0.375 e. The summed E-state index contributed by atoms with van der Waals surface area (Å²) in [6, 6.07) is 6.13. The van der Waals surface area contributed by atoms with Crippen LogP contribution in [-0.4, -0.2) is 55.2 Å². The third-order valence-electron chi connectivity index (χ3n) is 6.56. The first kappa shape index (κ1) is 22.4. The molecule has 7 nitrogen and oxygen atoms in total. The third-order valence-corrected chi connectivity index (χ3v) is 6.56. The van der Waals surface area contributed by atoms with Gasteiger partial charge in [-0.25, -0.2) is 18.3 Å². The Labute approximate surface area is 197 Å². The molecular weight excluding hydrogens is 436 g/mol. The summed E-state index contributed by atoms with van der Waals surface area (Å²) >= 11 is 0. The van der Waals surface area contributed by atoms with Gasteiger partial charge in [-0.1, -0.05) is 6.58 Å². The molecule has 2 fully saturated rings. The fourth-order valence-corrected chi connectivity index (χ4v) is 4.53. The van der Waals surface area contributed by atoms with Crippen LogP contribution >= 0.6 is 0 Å². The molecule has 1 saturated carbocycles. The van der Waals surface area contributed by atoms with E-state index in [1.165, 1.54) is 0 Å². The molecule has 5 rings (SSSR count). The van der Waals surface area contributed by atoms with Crippen molar-refractivity contribution in [2.24, 2.45) is 10.9 Å². The predicted octanol–water partition coefficient (Wildman–Crippen LogP) is 5.26. The van der Waals surface area contributed by atoms with Crippen LogP contribution in [0.4, 0.5) is 20.4 Å². The Balaban J connectivity index is 1.25. The predicted molar refractivity (Wildman–Crippen MR) is 130 cm³/mol. The molecule has 3 aromatic heterocycles. The zero-order chi connectivity index (χ0) is 24.0. The average molecular weight is 466 g/mol. The van der Waals surface area contributed by atoms with Crippen molar-refractivity contribution in [3.05, 3.63) is 48.6 Å². The van der Waals surface area contributed by atoms with Crippen LogP contribution in [0.5, 0.6) is 0 Å². The van der Waals surface area contributed by atoms with Crippen molar-refractivity contribution in [3.8, 4) is 11.3 Å². The molecule has 0 bridgehead atoms. The van der Waals surface area contributed by atoms with E-state index >= 15 is 0 Å². The van der Waals surface area contributed by atoms with E-state index in [9.17, 15) is 8.78 Å². The molecule has 1 aliphatic carbocycles. The number of halogens is 2. The number of aromatic nitrogens is 4. The zero-order valence-corrected chi connectivity index (χ0v) is 19.7. The summed E-state index contributed by atoms with van der Waals surface area (Å²) in [5.74, 6) is -2.69. The molecule has 2 aliphatic rings. The maximum Gasteiger partial charge on any atom is 0.257 e. The van der Waals surface area contributed by atoms with E-state index < -0.39 is 11.8 Å². The molecule has 0 amide bonds. The quantitative estimate of drug-likeness (QED) is 0.503. The van der Waals surface area contributed by atoms with Gasteiger partial charge < -0.3 is 10.2 Å². The molecule has 1 aliphatic heterocycles. The van der Waals surface area contributed by atoms with Crippen molar-refractivity contribution in [1.82, 2.24) is 24.5 Å². The fourth-order valence-electron chi connectivity index (χ4n) is 4.53. The van der Waals surface area contributed by atoms with Gasteiger partial charge in [-0.15, -0.1) is 5.10 Å². The van der Waals surface area contributed by atoms with Gasteiger partial charge in [0.1, 0.15) is 0 Å². The Hall–Kier alpha value is -3.36. The first-order valence-electron chi connectivity index (χ1n) is 11.6. The van der Waals surface area contributed by atoms with Crippen LogP contribution in [-0.2, 0) is 0 Å². The highest BCUT2D eigenvalue weighted by atomic mass is 19.3. The Kier molecular flexibility index (Phi) is 5.58. The number of pyridine rings is 1. The molecule has 178 valence electrons. The Bertz CT molecular complexity index is 1270. The van der Waals surface area contributed by atoms with E-state index in [1.807, 2.05) is 50.1 Å². The lowest BCUT2D eigenvalue weighted by Gasteiger charge is -2.35. The standard InChI is InChI=1S/C25H29F2N7/c1-15(2)29-21-5-6-22(30-16(21)3)19-9-12-34-23(19)14-28-24(32-34)31-18-7-10-33(11-8-18)17(4)20-13-25(20,26)27/h5-6,9,12,14,18,20H,4,7-8,10-11,13H2,1-3H3,(H,31,32)/t20-/m1/s1. The van der Waals surface area contributed by atoms with Crippen LogP contribution in [0.1, 0.15) is 38.8 Å². The minimum atomic E-state index is -2.57. The number of aryl methyl sites for hydroxylation is 1. The summed E-state index contributed by atoms with van der Waals surface area (Å²) in [5, 5.41) is 8.02. The zero-order valence-electron chi connectivity index (χ0n) is 19.7. The number of likely N-dealkylation sites (tertiary alicyclic amines) is 1. The minimum Gasteiger partial charge on any atom is -0.375 e. The molecule has 0 spiro atoms. The van der Waals surface area contributed by atoms with Gasteiger partial charge in [0.05, 0.1) is 34.7 Å². The van der Waals surface area contributed by atoms with Gasteiger partial charge >= 0.3 is 0 Å². The van der Waals surface area contributed by atoms with Gasteiger partial charge in [0.2, 0.25) is 5.95 Å². The lowest BCUT2D eigenvalue weighted by Crippen LogP contribution is -2.39. The summed E-state index contributed by atoms with van der Waals surface area (Å²) in [6.07, 6.45) is 5.29. The number of anilines is 1. The highest BCUT2D eigenvalue weighted by Crippen LogP contribution is 2.53. The van der Waals surface area contributed by atoms with Gasteiger partial charge in [0, 0.05) is 48.7 Å². The van der Waals surface area contributed by atoms with Crippen molar-refractivity contribution >= 4 is 22.9 Å². The monoisotopic (exact) mass is 465 g/mol. The molecule has 0 radical (unpaired) electrons. The summed E-state index contributed by atoms with van der Waals surface area (Å²) in [7, 11) is 0. The van der Waals surface area contributed by atoms with Gasteiger partial charge in [0.15, 0.2) is 0 Å². The van der Waals surface area contributed by atoms with Crippen molar-refractivity contribution in [2.75, 3.05) is 18.4 Å². The highest BCUT2D eigenvalue weighted by Gasteiger charge is 2.59. The van der Waals surface area contributed by atoms with Crippen molar-refractivity contribution < 1.29 is 8.78 Å². The third kappa shape index (κ3) is 4.38. The normalized spacial score (nSPS) is 19.8. The second kappa shape index (κ2) is 8.45. The van der Waals surface area contributed by atoms with Gasteiger partial charge in [-0.05, 0) is 51.8 Å². The first-order chi connectivity index (χ1) is 16.2. The smallest absolute Gasteiger partial charge is 0.257 e. The van der Waals surface area contributed by atoms with Gasteiger partial charge in [0.25, 0.3) is 5.92 Å². The molecular formula is C25H29F2N7. The maximum absolute atomic E-state index is 13.4. The second-order valence-corrected chi connectivity index (χ2v) is 9.42. The number of hydrogen-bond acceptors (Lipinski definition) is 6. The number of alkyl halides is 2. The molecule has 3 aromatic rings. The van der Waals surface area contributed by atoms with Crippen LogP contribution < -0.4 is 5.32 Å². The summed E-state index contributed by atoms with van der Waals surface area (Å²) < 4.78 is 28.5. The Morgan fingerprint density at radius 1 is 1.21 bits per heavy atom. The molecule has 0 unspecified atom stereocenters. The number of aliphatic imine (C=N–C) groups is 1. The van der Waals surface area contributed by atoms with Crippen molar-refractivity contribution in [3.63, 3.8) is 0 Å². The molecule has 1 atom stereocenters. The minimum absolute atomic E-state index is 0.0672. The van der Waals surface area contributed by atoms with Crippen molar-refractivity contribution in [2.45, 2.75) is 52.0 Å². The summed E-state index contributed by atoms with van der Waals surface area (Å²) in [4.78, 5) is 15.8. The van der Waals surface area contributed by atoms with Crippen LogP contribution in [0.15, 0.2) is 47.9 Å². The van der Waals surface area contributed by atoms with Crippen LogP contribution in [0.3, 0.4) is 0 Å². The van der Waals surface area contributed by atoms with Crippen LogP contribution in [0.25, 0.3) is 16.8 Å². The van der Waals surface area contributed by atoms with E-state index in [-0.39, 0.29) is 12.5 Å². The topological polar surface area (TPSA) is 70.7 Å². The second-order valence-electron chi connectivity index (χ2n) is 9.42. The lowest BCUT2D eigenvalue weighted by molar-refractivity contribution is 0.0973. The summed E-state index contributed by atoms with van der Waals surface area (Å²) in [6.45, 7) is 11.2. The molecule has 9 heteroatoms. The Morgan fingerprint density at radius 2 is 1.94 bits per heavy atom. The van der Waals surface area contributed by atoms with Crippen LogP contribution in [0, 0.1) is 12.8 Å². The number of rotatable bonds is 6.